The second-order valence-corrected chi connectivity index (χ2v) is 11.1. The summed E-state index contributed by atoms with van der Waals surface area (Å²) < 4.78 is 16.7. The van der Waals surface area contributed by atoms with Gasteiger partial charge < -0.3 is 25.1 Å². The molecule has 5 unspecified atom stereocenters. The van der Waals surface area contributed by atoms with Crippen molar-refractivity contribution >= 4 is 23.9 Å². The minimum atomic E-state index is -1.33. The summed E-state index contributed by atoms with van der Waals surface area (Å²) in [6.45, 7) is 15.1. The van der Waals surface area contributed by atoms with Gasteiger partial charge in [-0.15, -0.1) is 0 Å². The van der Waals surface area contributed by atoms with Gasteiger partial charge in [-0.25, -0.2) is 0 Å². The Morgan fingerprint density at radius 1 is 0.846 bits per heavy atom. The fraction of sp³-hybridized carbons (Fsp3) is 0.667. The zero-order valence-corrected chi connectivity index (χ0v) is 24.7. The molecule has 0 heterocycles. The van der Waals surface area contributed by atoms with Gasteiger partial charge in [0.15, 0.2) is 11.5 Å². The molecule has 0 amide bonds. The molecular formula is C30H47NO8. The smallest absolute Gasteiger partial charge is 0.321 e. The van der Waals surface area contributed by atoms with Gasteiger partial charge in [-0.05, 0) is 41.4 Å². The average Bonchev–Trinajstić information content (AvgIpc) is 2.87. The lowest BCUT2D eigenvalue weighted by Gasteiger charge is -2.28. The van der Waals surface area contributed by atoms with Crippen LogP contribution in [0.5, 0.6) is 11.5 Å². The number of aliphatic carboxylic acids is 1. The van der Waals surface area contributed by atoms with Crippen LogP contribution in [0.1, 0.15) is 92.6 Å². The maximum atomic E-state index is 12.7. The Balaban J connectivity index is 3.38. The van der Waals surface area contributed by atoms with E-state index in [4.69, 9.17) is 19.9 Å². The van der Waals surface area contributed by atoms with E-state index in [-0.39, 0.29) is 60.6 Å². The lowest BCUT2D eigenvalue weighted by molar-refractivity contribution is -0.151. The number of carbonyl (C=O) groups excluding carboxylic acids is 3. The van der Waals surface area contributed by atoms with E-state index in [9.17, 15) is 24.3 Å². The number of ether oxygens (including phenoxy) is 3. The molecule has 0 saturated carbocycles. The van der Waals surface area contributed by atoms with Gasteiger partial charge in [0.1, 0.15) is 6.04 Å². The third-order valence-electron chi connectivity index (χ3n) is 7.37. The number of hydrogen-bond donors (Lipinski definition) is 2. The van der Waals surface area contributed by atoms with Crippen LogP contribution in [0.15, 0.2) is 18.2 Å². The molecule has 0 saturated heterocycles. The second-order valence-electron chi connectivity index (χ2n) is 11.1. The number of carboxylic acids is 1. The highest BCUT2D eigenvalue weighted by Gasteiger charge is 2.33. The van der Waals surface area contributed by atoms with Crippen LogP contribution < -0.4 is 15.2 Å². The van der Waals surface area contributed by atoms with E-state index in [1.54, 1.807) is 19.9 Å². The molecule has 0 aliphatic heterocycles. The summed E-state index contributed by atoms with van der Waals surface area (Å²) in [5, 5.41) is 9.74. The van der Waals surface area contributed by atoms with Gasteiger partial charge in [-0.1, -0.05) is 74.3 Å². The third-order valence-corrected chi connectivity index (χ3v) is 7.37. The summed E-state index contributed by atoms with van der Waals surface area (Å²) in [7, 11) is 0. The van der Waals surface area contributed by atoms with Crippen LogP contribution in [-0.2, 0) is 23.9 Å². The summed E-state index contributed by atoms with van der Waals surface area (Å²) in [5.74, 6) is -3.77. The maximum Gasteiger partial charge on any atom is 0.321 e. The lowest BCUT2D eigenvalue weighted by atomic mass is 9.82. The van der Waals surface area contributed by atoms with E-state index < -0.39 is 35.8 Å². The van der Waals surface area contributed by atoms with Gasteiger partial charge in [-0.3, -0.25) is 19.2 Å². The summed E-state index contributed by atoms with van der Waals surface area (Å²) in [6.07, 6.45) is 1.95. The van der Waals surface area contributed by atoms with Crippen LogP contribution in [0.25, 0.3) is 0 Å². The summed E-state index contributed by atoms with van der Waals surface area (Å²) in [6, 6.07) is 3.24. The molecule has 0 aliphatic carbocycles. The fourth-order valence-corrected chi connectivity index (χ4v) is 3.85. The normalized spacial score (nSPS) is 15.9. The zero-order valence-electron chi connectivity index (χ0n) is 24.7. The molecule has 0 radical (unpaired) electrons. The number of esters is 3. The van der Waals surface area contributed by atoms with Crippen LogP contribution in [0.2, 0.25) is 0 Å². The van der Waals surface area contributed by atoms with Crippen LogP contribution in [0.3, 0.4) is 0 Å². The molecule has 9 heteroatoms. The Kier molecular flexibility index (Phi) is 14.2. The number of carbonyl (C=O) groups is 4. The highest BCUT2D eigenvalue weighted by Crippen LogP contribution is 2.36. The Morgan fingerprint density at radius 3 is 1.82 bits per heavy atom. The van der Waals surface area contributed by atoms with Crippen molar-refractivity contribution in [2.45, 2.75) is 93.0 Å². The van der Waals surface area contributed by atoms with Crippen LogP contribution >= 0.6 is 0 Å². The Morgan fingerprint density at radius 2 is 1.36 bits per heavy atom. The number of nitrogens with two attached hydrogens (primary N) is 1. The van der Waals surface area contributed by atoms with Gasteiger partial charge >= 0.3 is 23.9 Å². The molecule has 9 nitrogen and oxygen atoms in total. The highest BCUT2D eigenvalue weighted by molar-refractivity contribution is 5.77. The van der Waals surface area contributed by atoms with Crippen molar-refractivity contribution in [2.75, 3.05) is 6.61 Å². The third kappa shape index (κ3) is 11.0. The van der Waals surface area contributed by atoms with Crippen molar-refractivity contribution in [3.8, 4) is 11.5 Å². The summed E-state index contributed by atoms with van der Waals surface area (Å²) in [4.78, 5) is 49.5. The zero-order chi connectivity index (χ0) is 29.9. The second kappa shape index (κ2) is 16.2. The maximum absolute atomic E-state index is 12.7. The van der Waals surface area contributed by atoms with Gasteiger partial charge in [0.05, 0.1) is 12.5 Å². The van der Waals surface area contributed by atoms with E-state index in [2.05, 4.69) is 0 Å². The molecule has 1 rings (SSSR count). The van der Waals surface area contributed by atoms with Gasteiger partial charge in [0, 0.05) is 18.8 Å². The number of rotatable bonds is 16. The number of hydrogen-bond acceptors (Lipinski definition) is 8. The molecule has 0 spiro atoms. The van der Waals surface area contributed by atoms with Crippen molar-refractivity contribution in [1.82, 2.24) is 0 Å². The monoisotopic (exact) mass is 549 g/mol. The summed E-state index contributed by atoms with van der Waals surface area (Å²) in [5.41, 5.74) is 6.56. The minimum Gasteiger partial charge on any atom is -0.480 e. The van der Waals surface area contributed by atoms with Crippen molar-refractivity contribution in [3.05, 3.63) is 23.8 Å². The van der Waals surface area contributed by atoms with Crippen molar-refractivity contribution < 1.29 is 38.5 Å². The largest absolute Gasteiger partial charge is 0.480 e. The summed E-state index contributed by atoms with van der Waals surface area (Å²) >= 11 is 0. The average molecular weight is 550 g/mol. The molecule has 0 fully saturated rings. The van der Waals surface area contributed by atoms with Crippen molar-refractivity contribution in [3.63, 3.8) is 0 Å². The molecule has 1 aromatic rings. The topological polar surface area (TPSA) is 142 Å². The van der Waals surface area contributed by atoms with E-state index in [0.29, 0.717) is 5.56 Å². The fourth-order valence-electron chi connectivity index (χ4n) is 3.85. The molecule has 3 N–H and O–H groups in total. The predicted molar refractivity (Wildman–Crippen MR) is 148 cm³/mol. The Bertz CT molecular complexity index is 976. The molecule has 220 valence electrons. The van der Waals surface area contributed by atoms with E-state index in [1.807, 2.05) is 41.5 Å². The van der Waals surface area contributed by atoms with Crippen LogP contribution in [-0.4, -0.2) is 41.6 Å². The molecule has 0 aliphatic rings. The molecule has 0 aromatic heterocycles. The molecule has 6 atom stereocenters. The first-order valence-corrected chi connectivity index (χ1v) is 13.9. The SMILES string of the molecule is CCC(C)CC(=O)Oc1ccc(C(C(C)COC(=O)C(C)C(C)C)[C@H](N)C(=O)O)cc1OC(=O)CC(C)CC. The number of carboxylic acid groups (broad SMARTS) is 1. The van der Waals surface area contributed by atoms with E-state index in [1.165, 1.54) is 12.1 Å². The minimum absolute atomic E-state index is 0.0125. The first-order valence-electron chi connectivity index (χ1n) is 13.9. The van der Waals surface area contributed by atoms with E-state index in [0.717, 1.165) is 12.8 Å². The van der Waals surface area contributed by atoms with Gasteiger partial charge in [0.25, 0.3) is 0 Å². The van der Waals surface area contributed by atoms with Gasteiger partial charge in [0.2, 0.25) is 0 Å². The molecular weight excluding hydrogens is 502 g/mol. The van der Waals surface area contributed by atoms with Crippen LogP contribution in [0, 0.1) is 29.6 Å². The van der Waals surface area contributed by atoms with E-state index >= 15 is 0 Å². The quantitative estimate of drug-likeness (QED) is 0.206. The van der Waals surface area contributed by atoms with Crippen LogP contribution in [0.4, 0.5) is 0 Å². The highest BCUT2D eigenvalue weighted by atomic mass is 16.6. The van der Waals surface area contributed by atoms with Gasteiger partial charge in [-0.2, -0.15) is 0 Å². The first kappa shape index (κ1) is 34.1. The number of benzene rings is 1. The predicted octanol–water partition coefficient (Wildman–Crippen LogP) is 5.34. The standard InChI is InChI=1S/C30H47NO8/c1-9-18(5)13-25(32)38-23-12-11-22(15-24(23)39-26(33)14-19(6)10-2)27(28(31)29(34)35)20(7)16-37-30(36)21(8)17(3)4/h11-12,15,17-21,27-28H,9-10,13-14,16,31H2,1-8H3,(H,34,35)/t18?,19?,20?,21?,27?,28-/m0/s1. The first-order chi connectivity index (χ1) is 18.2. The molecule has 1 aromatic carbocycles. The lowest BCUT2D eigenvalue weighted by Crippen LogP contribution is -2.41. The van der Waals surface area contributed by atoms with Crippen molar-refractivity contribution in [2.24, 2.45) is 35.3 Å². The Labute approximate surface area is 232 Å². The molecule has 0 bridgehead atoms. The molecule has 39 heavy (non-hydrogen) atoms. The van der Waals surface area contributed by atoms with Crippen molar-refractivity contribution in [1.29, 1.82) is 0 Å². The Hall–Kier alpha value is -2.94.